The maximum Gasteiger partial charge on any atom is 0.324 e. The molecule has 2 N–H and O–H groups in total. The molecule has 0 spiro atoms. The molecule has 3 amide bonds. The minimum absolute atomic E-state index is 0.00366. The van der Waals surface area contributed by atoms with Crippen molar-refractivity contribution in [2.24, 2.45) is 0 Å². The first-order valence-electron chi connectivity index (χ1n) is 7.48. The summed E-state index contributed by atoms with van der Waals surface area (Å²) in [4.78, 5) is 24.8. The van der Waals surface area contributed by atoms with Crippen LogP contribution in [0.25, 0.3) is 0 Å². The second kappa shape index (κ2) is 7.23. The van der Waals surface area contributed by atoms with Gasteiger partial charge in [-0.05, 0) is 24.3 Å². The zero-order valence-corrected chi connectivity index (χ0v) is 13.5. The molecule has 0 bridgehead atoms. The normalized spacial score (nSPS) is 13.5. The van der Waals surface area contributed by atoms with Crippen LogP contribution in [0.3, 0.4) is 0 Å². The molecule has 0 saturated carbocycles. The second-order valence-electron chi connectivity index (χ2n) is 5.16. The first-order valence-corrected chi connectivity index (χ1v) is 7.86. The van der Waals surface area contributed by atoms with Gasteiger partial charge in [0.2, 0.25) is 5.91 Å². The van der Waals surface area contributed by atoms with Crippen LogP contribution < -0.4 is 15.4 Å². The summed E-state index contributed by atoms with van der Waals surface area (Å²) in [6, 6.07) is 14.0. The third kappa shape index (κ3) is 3.60. The van der Waals surface area contributed by atoms with Crippen molar-refractivity contribution in [3.05, 3.63) is 53.6 Å². The van der Waals surface area contributed by atoms with Crippen LogP contribution in [0.4, 0.5) is 10.5 Å². The van der Waals surface area contributed by atoms with Crippen LogP contribution in [0.15, 0.2) is 48.5 Å². The first kappa shape index (κ1) is 16.1. The van der Waals surface area contributed by atoms with E-state index < -0.39 is 0 Å². The van der Waals surface area contributed by atoms with Gasteiger partial charge < -0.3 is 15.4 Å². The third-order valence-corrected chi connectivity index (χ3v) is 3.84. The Bertz CT molecular complexity index is 766. The molecule has 124 valence electrons. The van der Waals surface area contributed by atoms with E-state index in [2.05, 4.69) is 10.6 Å². The van der Waals surface area contributed by atoms with Gasteiger partial charge >= 0.3 is 6.03 Å². The number of carbonyl (C=O) groups is 2. The predicted molar refractivity (Wildman–Crippen MR) is 91.6 cm³/mol. The number of imide groups is 1. The van der Waals surface area contributed by atoms with E-state index in [-0.39, 0.29) is 18.5 Å². The highest BCUT2D eigenvalue weighted by Crippen LogP contribution is 2.33. The monoisotopic (exact) mass is 345 g/mol. The minimum atomic E-state index is -0.359. The van der Waals surface area contributed by atoms with Crippen molar-refractivity contribution >= 4 is 29.2 Å². The number of benzene rings is 2. The first-order chi connectivity index (χ1) is 11.6. The van der Waals surface area contributed by atoms with Gasteiger partial charge in [-0.2, -0.15) is 0 Å². The van der Waals surface area contributed by atoms with Crippen molar-refractivity contribution < 1.29 is 14.3 Å². The van der Waals surface area contributed by atoms with Crippen LogP contribution in [-0.2, 0) is 4.79 Å². The Balaban J connectivity index is 1.69. The van der Waals surface area contributed by atoms with Gasteiger partial charge in [-0.25, -0.2) is 4.79 Å². The number of amides is 3. The summed E-state index contributed by atoms with van der Waals surface area (Å²) in [5.74, 6) is 0.778. The molecule has 0 aromatic heterocycles. The lowest BCUT2D eigenvalue weighted by Gasteiger charge is -2.16. The number of halogens is 1. The number of rotatable bonds is 5. The fourth-order valence-electron chi connectivity index (χ4n) is 2.32. The quantitative estimate of drug-likeness (QED) is 0.873. The average molecular weight is 346 g/mol. The van der Waals surface area contributed by atoms with Gasteiger partial charge in [0.05, 0.1) is 17.3 Å². The number of nitrogens with one attached hydrogen (secondary N) is 2. The van der Waals surface area contributed by atoms with Gasteiger partial charge in [0, 0.05) is 13.1 Å². The van der Waals surface area contributed by atoms with Crippen molar-refractivity contribution in [2.75, 3.05) is 25.0 Å². The maximum atomic E-state index is 12.1. The number of ether oxygens (including phenoxy) is 1. The number of nitrogens with zero attached hydrogens (tertiary/aromatic N) is 1. The van der Waals surface area contributed by atoms with Crippen LogP contribution in [0.1, 0.15) is 0 Å². The van der Waals surface area contributed by atoms with E-state index in [0.29, 0.717) is 35.3 Å². The highest BCUT2D eigenvalue weighted by molar-refractivity contribution is 6.32. The second-order valence-corrected chi connectivity index (χ2v) is 5.57. The zero-order valence-electron chi connectivity index (χ0n) is 12.8. The fourth-order valence-corrected chi connectivity index (χ4v) is 2.50. The van der Waals surface area contributed by atoms with Crippen LogP contribution in [0, 0.1) is 0 Å². The number of anilines is 1. The van der Waals surface area contributed by atoms with Crippen LogP contribution in [-0.4, -0.2) is 36.5 Å². The van der Waals surface area contributed by atoms with Crippen LogP contribution >= 0.6 is 11.6 Å². The average Bonchev–Trinajstić information content (AvgIpc) is 3.02. The summed E-state index contributed by atoms with van der Waals surface area (Å²) in [5.41, 5.74) is 0.644. The number of hydrogen-bond donors (Lipinski definition) is 2. The van der Waals surface area contributed by atoms with Gasteiger partial charge in [0.1, 0.15) is 5.75 Å². The Kier molecular flexibility index (Phi) is 4.86. The Hall–Kier alpha value is -2.73. The topological polar surface area (TPSA) is 70.7 Å². The molecule has 2 aromatic rings. The standard InChI is InChI=1S/C17H16ClN3O3/c18-12-5-1-3-7-14(12)24-15-8-4-2-6-13(15)20-11-16(22)21-10-9-19-17(21)23/h1-8,20H,9-11H2,(H,19,23). The highest BCUT2D eigenvalue weighted by atomic mass is 35.5. The smallest absolute Gasteiger partial charge is 0.324 e. The summed E-state index contributed by atoms with van der Waals surface area (Å²) >= 11 is 6.11. The molecule has 1 fully saturated rings. The molecule has 24 heavy (non-hydrogen) atoms. The Morgan fingerprint density at radius 2 is 1.88 bits per heavy atom. The van der Waals surface area contributed by atoms with Gasteiger partial charge in [-0.1, -0.05) is 35.9 Å². The molecule has 1 saturated heterocycles. The van der Waals surface area contributed by atoms with E-state index in [1.54, 1.807) is 24.3 Å². The molecule has 0 radical (unpaired) electrons. The lowest BCUT2D eigenvalue weighted by Crippen LogP contribution is -2.38. The highest BCUT2D eigenvalue weighted by Gasteiger charge is 2.25. The molecule has 2 aromatic carbocycles. The fraction of sp³-hybridized carbons (Fsp3) is 0.176. The molecule has 3 rings (SSSR count). The molecular weight excluding hydrogens is 330 g/mol. The minimum Gasteiger partial charge on any atom is -0.454 e. The van der Waals surface area contributed by atoms with Crippen molar-refractivity contribution in [3.8, 4) is 11.5 Å². The van der Waals surface area contributed by atoms with E-state index >= 15 is 0 Å². The summed E-state index contributed by atoms with van der Waals surface area (Å²) < 4.78 is 5.82. The van der Waals surface area contributed by atoms with Crippen molar-refractivity contribution in [2.45, 2.75) is 0 Å². The molecule has 0 aliphatic carbocycles. The largest absolute Gasteiger partial charge is 0.454 e. The predicted octanol–water partition coefficient (Wildman–Crippen LogP) is 3.10. The number of hydrogen-bond acceptors (Lipinski definition) is 4. The molecule has 1 aliphatic heterocycles. The molecule has 0 unspecified atom stereocenters. The van der Waals surface area contributed by atoms with Gasteiger partial charge in [-0.15, -0.1) is 0 Å². The molecular formula is C17H16ClN3O3. The van der Waals surface area contributed by atoms with E-state index in [1.807, 2.05) is 24.3 Å². The van der Waals surface area contributed by atoms with E-state index in [4.69, 9.17) is 16.3 Å². The van der Waals surface area contributed by atoms with Gasteiger partial charge in [-0.3, -0.25) is 9.69 Å². The molecule has 0 atom stereocenters. The van der Waals surface area contributed by atoms with Crippen LogP contribution in [0.2, 0.25) is 5.02 Å². The summed E-state index contributed by atoms with van der Waals surface area (Å²) in [6.07, 6.45) is 0. The Morgan fingerprint density at radius 1 is 1.17 bits per heavy atom. The van der Waals surface area contributed by atoms with Gasteiger partial charge in [0.25, 0.3) is 0 Å². The number of urea groups is 1. The maximum absolute atomic E-state index is 12.1. The van der Waals surface area contributed by atoms with Crippen molar-refractivity contribution in [1.29, 1.82) is 0 Å². The van der Waals surface area contributed by atoms with Crippen molar-refractivity contribution in [3.63, 3.8) is 0 Å². The van der Waals surface area contributed by atoms with Crippen LogP contribution in [0.5, 0.6) is 11.5 Å². The SMILES string of the molecule is O=C(CNc1ccccc1Oc1ccccc1Cl)N1CCNC1=O. The molecule has 1 aliphatic rings. The third-order valence-electron chi connectivity index (χ3n) is 3.53. The lowest BCUT2D eigenvalue weighted by molar-refractivity contribution is -0.125. The van der Waals surface area contributed by atoms with Gasteiger partial charge in [0.15, 0.2) is 5.75 Å². The zero-order chi connectivity index (χ0) is 16.9. The summed E-state index contributed by atoms with van der Waals surface area (Å²) in [5, 5.41) is 6.11. The number of para-hydroxylation sites is 3. The Labute approximate surface area is 144 Å². The molecule has 7 heteroatoms. The summed E-state index contributed by atoms with van der Waals surface area (Å²) in [7, 11) is 0. The van der Waals surface area contributed by atoms with E-state index in [0.717, 1.165) is 0 Å². The lowest BCUT2D eigenvalue weighted by atomic mass is 10.2. The van der Waals surface area contributed by atoms with E-state index in [1.165, 1.54) is 4.90 Å². The number of carbonyl (C=O) groups excluding carboxylic acids is 2. The van der Waals surface area contributed by atoms with E-state index in [9.17, 15) is 9.59 Å². The molecule has 1 heterocycles. The Morgan fingerprint density at radius 3 is 2.58 bits per heavy atom. The summed E-state index contributed by atoms with van der Waals surface area (Å²) in [6.45, 7) is 0.865. The molecule has 6 nitrogen and oxygen atoms in total. The van der Waals surface area contributed by atoms with Crippen molar-refractivity contribution in [1.82, 2.24) is 10.2 Å².